The molecule has 1 aromatic rings. The maximum atomic E-state index is 13.0. The standard InChI is InChI=1S/C20H31N5O2/c1-17-15-22-18(16-21-17)20(27)25(14-13-23-8-3-2-4-9-23)12-7-19(26)24-10-5-6-11-24/h15-16H,2-14H2,1H3/p+1. The van der Waals surface area contributed by atoms with Crippen molar-refractivity contribution in [2.24, 2.45) is 0 Å². The molecular formula is C20H32N5O2+. The smallest absolute Gasteiger partial charge is 0.274 e. The quantitative estimate of drug-likeness (QED) is 0.746. The molecule has 2 aliphatic rings. The van der Waals surface area contributed by atoms with Gasteiger partial charge in [0.25, 0.3) is 5.91 Å². The van der Waals surface area contributed by atoms with E-state index in [-0.39, 0.29) is 11.8 Å². The fourth-order valence-electron chi connectivity index (χ4n) is 3.93. The summed E-state index contributed by atoms with van der Waals surface area (Å²) in [6.45, 7) is 7.98. The predicted molar refractivity (Wildman–Crippen MR) is 103 cm³/mol. The lowest BCUT2D eigenvalue weighted by molar-refractivity contribution is -0.904. The van der Waals surface area contributed by atoms with Crippen LogP contribution < -0.4 is 4.90 Å². The van der Waals surface area contributed by atoms with E-state index in [0.29, 0.717) is 25.2 Å². The normalized spacial score (nSPS) is 17.9. The SMILES string of the molecule is Cc1cnc(C(=O)N(CCC(=O)N2CCCC2)CC[NH+]2CCCCC2)cn1. The number of carbonyl (C=O) groups is 2. The zero-order valence-corrected chi connectivity index (χ0v) is 16.5. The van der Waals surface area contributed by atoms with Crippen LogP contribution in [-0.4, -0.2) is 77.4 Å². The molecule has 2 saturated heterocycles. The molecule has 0 aliphatic carbocycles. The van der Waals surface area contributed by atoms with Gasteiger partial charge in [-0.1, -0.05) is 0 Å². The summed E-state index contributed by atoms with van der Waals surface area (Å²) in [5.74, 6) is 0.0405. The van der Waals surface area contributed by atoms with Crippen molar-refractivity contribution in [1.82, 2.24) is 19.8 Å². The van der Waals surface area contributed by atoms with Crippen molar-refractivity contribution in [3.05, 3.63) is 23.8 Å². The van der Waals surface area contributed by atoms with Gasteiger partial charge in [0.05, 0.1) is 38.1 Å². The highest BCUT2D eigenvalue weighted by Crippen LogP contribution is 2.10. The number of rotatable bonds is 7. The summed E-state index contributed by atoms with van der Waals surface area (Å²) >= 11 is 0. The van der Waals surface area contributed by atoms with E-state index < -0.39 is 0 Å². The van der Waals surface area contributed by atoms with Gasteiger partial charge in [0.2, 0.25) is 5.91 Å². The third-order valence-electron chi connectivity index (χ3n) is 5.64. The molecule has 0 bridgehead atoms. The number of aromatic nitrogens is 2. The minimum atomic E-state index is -0.117. The van der Waals surface area contributed by atoms with Gasteiger partial charge in [0.15, 0.2) is 0 Å². The summed E-state index contributed by atoms with van der Waals surface area (Å²) in [6, 6.07) is 0. The monoisotopic (exact) mass is 374 g/mol. The highest BCUT2D eigenvalue weighted by molar-refractivity contribution is 5.92. The Bertz CT molecular complexity index is 622. The maximum Gasteiger partial charge on any atom is 0.274 e. The van der Waals surface area contributed by atoms with Gasteiger partial charge < -0.3 is 14.7 Å². The molecule has 0 unspecified atom stereocenters. The Labute approximate surface area is 161 Å². The second-order valence-electron chi connectivity index (χ2n) is 7.73. The third kappa shape index (κ3) is 5.73. The molecule has 2 amide bonds. The molecule has 2 aliphatic heterocycles. The van der Waals surface area contributed by atoms with Crippen LogP contribution in [0.25, 0.3) is 0 Å². The number of hydrogen-bond acceptors (Lipinski definition) is 4. The number of likely N-dealkylation sites (tertiary alicyclic amines) is 2. The van der Waals surface area contributed by atoms with E-state index in [0.717, 1.165) is 38.2 Å². The molecular weight excluding hydrogens is 342 g/mol. The van der Waals surface area contributed by atoms with Crippen LogP contribution in [0.2, 0.25) is 0 Å². The van der Waals surface area contributed by atoms with Crippen LogP contribution in [0.3, 0.4) is 0 Å². The average Bonchev–Trinajstić information content (AvgIpc) is 3.24. The van der Waals surface area contributed by atoms with Crippen molar-refractivity contribution in [3.63, 3.8) is 0 Å². The molecule has 7 heteroatoms. The molecule has 0 radical (unpaired) electrons. The number of aryl methyl sites for hydroxylation is 1. The van der Waals surface area contributed by atoms with Gasteiger partial charge in [0.1, 0.15) is 5.69 Å². The number of quaternary nitrogens is 1. The minimum absolute atomic E-state index is 0.117. The first-order chi connectivity index (χ1) is 13.1. The lowest BCUT2D eigenvalue weighted by Gasteiger charge is -2.28. The van der Waals surface area contributed by atoms with E-state index in [2.05, 4.69) is 9.97 Å². The molecule has 0 saturated carbocycles. The molecule has 2 fully saturated rings. The van der Waals surface area contributed by atoms with Crippen molar-refractivity contribution in [1.29, 1.82) is 0 Å². The van der Waals surface area contributed by atoms with Gasteiger partial charge >= 0.3 is 0 Å². The molecule has 27 heavy (non-hydrogen) atoms. The van der Waals surface area contributed by atoms with E-state index in [1.165, 1.54) is 32.4 Å². The second-order valence-corrected chi connectivity index (χ2v) is 7.73. The van der Waals surface area contributed by atoms with E-state index in [1.807, 2.05) is 11.8 Å². The van der Waals surface area contributed by atoms with Crippen molar-refractivity contribution in [3.8, 4) is 0 Å². The van der Waals surface area contributed by atoms with Gasteiger partial charge in [0, 0.05) is 32.3 Å². The average molecular weight is 375 g/mol. The van der Waals surface area contributed by atoms with Crippen LogP contribution in [0.4, 0.5) is 0 Å². The Kier molecular flexibility index (Phi) is 7.15. The van der Waals surface area contributed by atoms with Crippen LogP contribution in [0.15, 0.2) is 12.4 Å². The van der Waals surface area contributed by atoms with Crippen LogP contribution >= 0.6 is 0 Å². The number of amides is 2. The highest BCUT2D eigenvalue weighted by atomic mass is 16.2. The number of nitrogens with one attached hydrogen (secondary N) is 1. The van der Waals surface area contributed by atoms with E-state index in [1.54, 1.807) is 22.2 Å². The van der Waals surface area contributed by atoms with Gasteiger partial charge in [-0.05, 0) is 39.0 Å². The molecule has 3 heterocycles. The predicted octanol–water partition coefficient (Wildman–Crippen LogP) is 0.309. The van der Waals surface area contributed by atoms with Crippen LogP contribution in [0, 0.1) is 6.92 Å². The molecule has 1 N–H and O–H groups in total. The first-order valence-corrected chi connectivity index (χ1v) is 10.3. The Balaban J connectivity index is 1.60. The zero-order chi connectivity index (χ0) is 19.1. The van der Waals surface area contributed by atoms with Crippen molar-refractivity contribution < 1.29 is 14.5 Å². The number of nitrogens with zero attached hydrogens (tertiary/aromatic N) is 4. The third-order valence-corrected chi connectivity index (χ3v) is 5.64. The van der Waals surface area contributed by atoms with Gasteiger partial charge in [-0.3, -0.25) is 14.6 Å². The van der Waals surface area contributed by atoms with E-state index >= 15 is 0 Å². The first kappa shape index (κ1) is 19.7. The Morgan fingerprint density at radius 3 is 2.44 bits per heavy atom. The van der Waals surface area contributed by atoms with E-state index in [4.69, 9.17) is 0 Å². The van der Waals surface area contributed by atoms with E-state index in [9.17, 15) is 9.59 Å². The van der Waals surface area contributed by atoms with Crippen molar-refractivity contribution >= 4 is 11.8 Å². The van der Waals surface area contributed by atoms with Crippen LogP contribution in [0.1, 0.15) is 54.7 Å². The Morgan fingerprint density at radius 1 is 1.04 bits per heavy atom. The largest absolute Gasteiger partial charge is 0.343 e. The minimum Gasteiger partial charge on any atom is -0.343 e. The van der Waals surface area contributed by atoms with Gasteiger partial charge in [-0.2, -0.15) is 0 Å². The summed E-state index contributed by atoms with van der Waals surface area (Å²) in [5.41, 5.74) is 1.16. The summed E-state index contributed by atoms with van der Waals surface area (Å²) in [5, 5.41) is 0. The van der Waals surface area contributed by atoms with Gasteiger partial charge in [-0.25, -0.2) is 4.98 Å². The topological polar surface area (TPSA) is 70.8 Å². The molecule has 7 nitrogen and oxygen atoms in total. The number of piperidine rings is 1. The molecule has 1 aromatic heterocycles. The Hall–Kier alpha value is -2.02. The molecule has 0 spiro atoms. The molecule has 3 rings (SSSR count). The summed E-state index contributed by atoms with van der Waals surface area (Å²) in [7, 11) is 0. The van der Waals surface area contributed by atoms with Crippen LogP contribution in [0.5, 0.6) is 0 Å². The zero-order valence-electron chi connectivity index (χ0n) is 16.5. The summed E-state index contributed by atoms with van der Waals surface area (Å²) in [4.78, 5) is 39.1. The molecule has 148 valence electrons. The lowest BCUT2D eigenvalue weighted by atomic mass is 10.1. The van der Waals surface area contributed by atoms with Crippen molar-refractivity contribution in [2.75, 3.05) is 45.8 Å². The van der Waals surface area contributed by atoms with Gasteiger partial charge in [-0.15, -0.1) is 0 Å². The number of carbonyl (C=O) groups excluding carboxylic acids is 2. The van der Waals surface area contributed by atoms with Crippen LogP contribution in [-0.2, 0) is 4.79 Å². The second kappa shape index (κ2) is 9.78. The summed E-state index contributed by atoms with van der Waals surface area (Å²) in [6.07, 6.45) is 9.57. The fraction of sp³-hybridized carbons (Fsp3) is 0.700. The fourth-order valence-corrected chi connectivity index (χ4v) is 3.93. The first-order valence-electron chi connectivity index (χ1n) is 10.3. The highest BCUT2D eigenvalue weighted by Gasteiger charge is 2.23. The van der Waals surface area contributed by atoms with Crippen molar-refractivity contribution in [2.45, 2.75) is 45.4 Å². The molecule has 0 aromatic carbocycles. The lowest BCUT2D eigenvalue weighted by Crippen LogP contribution is -3.13. The number of hydrogen-bond donors (Lipinski definition) is 1. The summed E-state index contributed by atoms with van der Waals surface area (Å²) < 4.78 is 0. The molecule has 0 atom stereocenters. The Morgan fingerprint density at radius 2 is 1.78 bits per heavy atom. The maximum absolute atomic E-state index is 13.0.